The number of aliphatic hydroxyl groups excluding tert-OH is 4. The molecule has 12 atom stereocenters. The van der Waals surface area contributed by atoms with E-state index in [2.05, 4.69) is 26.1 Å². The number of nitrogens with zero attached hydrogens (tertiary/aromatic N) is 1. The molecule has 4 saturated carbocycles. The minimum Gasteiger partial charge on any atom is -0.393 e. The summed E-state index contributed by atoms with van der Waals surface area (Å²) in [6, 6.07) is 0. The highest BCUT2D eigenvalue weighted by molar-refractivity contribution is 7.85. The van der Waals surface area contributed by atoms with Gasteiger partial charge in [0.05, 0.1) is 39.0 Å². The Morgan fingerprint density at radius 2 is 1.74 bits per heavy atom. The molecule has 0 spiro atoms. The Morgan fingerprint density at radius 3 is 2.42 bits per heavy atom. The predicted octanol–water partition coefficient (Wildman–Crippen LogP) is 2.20. The zero-order valence-corrected chi connectivity index (χ0v) is 27.8. The van der Waals surface area contributed by atoms with E-state index in [9.17, 15) is 33.6 Å². The standard InChI is InChI=1S/C32H58N2O8S/c1-20(7-10-29(39)33-13-6-14-34(4,5)18-23(36)19-43(40,41)42)24-8-9-25-30-26(17-28(38)32(24,25)3)31(2)12-11-22(35)15-21(31)16-27(30)37/h20-28,30,35-38H,6-19H2,1-5H3,(H-,33,39,40,41,42)/p+1/t20-,21+,22-,23?,24-,25?,26?,27-,28+,30?,31?,32?/m1/s1. The first kappa shape index (κ1) is 35.0. The molecule has 0 aromatic carbocycles. The maximum absolute atomic E-state index is 12.7. The van der Waals surface area contributed by atoms with Gasteiger partial charge in [-0.2, -0.15) is 8.42 Å². The molecule has 1 amide bonds. The molecule has 0 heterocycles. The van der Waals surface area contributed by atoms with Gasteiger partial charge in [0.15, 0.2) is 0 Å². The van der Waals surface area contributed by atoms with Gasteiger partial charge < -0.3 is 30.2 Å². The van der Waals surface area contributed by atoms with Crippen molar-refractivity contribution < 1.29 is 42.7 Å². The van der Waals surface area contributed by atoms with Crippen LogP contribution in [0.2, 0.25) is 0 Å². The third-order valence-corrected chi connectivity index (χ3v) is 13.5. The van der Waals surface area contributed by atoms with Crippen LogP contribution in [0.1, 0.15) is 85.0 Å². The summed E-state index contributed by atoms with van der Waals surface area (Å²) in [5, 5.41) is 46.5. The molecule has 0 aromatic heterocycles. The summed E-state index contributed by atoms with van der Waals surface area (Å²) in [4.78, 5) is 12.7. The van der Waals surface area contributed by atoms with Crippen LogP contribution in [-0.2, 0) is 14.9 Å². The van der Waals surface area contributed by atoms with Crippen molar-refractivity contribution >= 4 is 16.0 Å². The summed E-state index contributed by atoms with van der Waals surface area (Å²) in [6.45, 7) is 8.10. The number of carbonyl (C=O) groups excluding carboxylic acids is 1. The first-order valence-electron chi connectivity index (χ1n) is 16.6. The number of hydrogen-bond donors (Lipinski definition) is 6. The topological polar surface area (TPSA) is 164 Å². The number of likely N-dealkylation sites (N-methyl/N-ethyl adjacent to an activating group) is 1. The summed E-state index contributed by atoms with van der Waals surface area (Å²) in [7, 11) is -0.484. The molecule has 0 bridgehead atoms. The highest BCUT2D eigenvalue weighted by Gasteiger charge is 2.65. The number of hydrogen-bond acceptors (Lipinski definition) is 7. The number of quaternary nitrogens is 1. The van der Waals surface area contributed by atoms with E-state index < -0.39 is 28.1 Å². The molecule has 11 heteroatoms. The summed E-state index contributed by atoms with van der Waals surface area (Å²) in [5.41, 5.74) is -0.222. The molecule has 0 aromatic rings. The van der Waals surface area contributed by atoms with Crippen LogP contribution in [0.5, 0.6) is 0 Å². The number of carbonyl (C=O) groups is 1. The van der Waals surface area contributed by atoms with Crippen molar-refractivity contribution in [2.75, 3.05) is 39.5 Å². The quantitative estimate of drug-likeness (QED) is 0.108. The van der Waals surface area contributed by atoms with Crippen molar-refractivity contribution in [2.45, 2.75) is 109 Å². The monoisotopic (exact) mass is 631 g/mol. The van der Waals surface area contributed by atoms with E-state index in [1.165, 1.54) is 0 Å². The van der Waals surface area contributed by atoms with Crippen molar-refractivity contribution in [3.63, 3.8) is 0 Å². The van der Waals surface area contributed by atoms with E-state index in [0.29, 0.717) is 48.7 Å². The zero-order valence-electron chi connectivity index (χ0n) is 27.0. The van der Waals surface area contributed by atoms with E-state index in [-0.39, 0.29) is 59.2 Å². The number of fused-ring (bicyclic) bond motifs is 5. The highest BCUT2D eigenvalue weighted by atomic mass is 32.2. The number of aliphatic hydroxyl groups is 4. The average Bonchev–Trinajstić information content (AvgIpc) is 3.24. The van der Waals surface area contributed by atoms with Gasteiger partial charge in [0, 0.05) is 19.4 Å². The third-order valence-electron chi connectivity index (χ3n) is 12.7. The summed E-state index contributed by atoms with van der Waals surface area (Å²) in [5.74, 6) is 0.890. The first-order chi connectivity index (χ1) is 19.9. The van der Waals surface area contributed by atoms with Crippen LogP contribution in [0.4, 0.5) is 0 Å². The molecule has 0 aliphatic heterocycles. The molecular weight excluding hydrogens is 572 g/mol. The molecule has 6 unspecified atom stereocenters. The van der Waals surface area contributed by atoms with E-state index in [4.69, 9.17) is 4.55 Å². The fourth-order valence-electron chi connectivity index (χ4n) is 10.5. The van der Waals surface area contributed by atoms with Crippen molar-refractivity contribution in [3.8, 4) is 0 Å². The lowest BCUT2D eigenvalue weighted by molar-refractivity contribution is -0.893. The van der Waals surface area contributed by atoms with Crippen LogP contribution in [0.25, 0.3) is 0 Å². The molecule has 0 saturated heterocycles. The fourth-order valence-corrected chi connectivity index (χ4v) is 11.1. The molecule has 43 heavy (non-hydrogen) atoms. The second-order valence-corrected chi connectivity index (χ2v) is 17.5. The molecular formula is C32H59N2O8S+. The maximum Gasteiger partial charge on any atom is 0.267 e. The van der Waals surface area contributed by atoms with Gasteiger partial charge in [0.2, 0.25) is 5.91 Å². The van der Waals surface area contributed by atoms with Crippen molar-refractivity contribution in [1.29, 1.82) is 0 Å². The molecule has 250 valence electrons. The number of nitrogens with one attached hydrogen (secondary N) is 1. The smallest absolute Gasteiger partial charge is 0.267 e. The molecule has 0 radical (unpaired) electrons. The van der Waals surface area contributed by atoms with Gasteiger partial charge in [-0.3, -0.25) is 9.35 Å². The lowest BCUT2D eigenvalue weighted by Gasteiger charge is -2.63. The molecule has 10 nitrogen and oxygen atoms in total. The van der Waals surface area contributed by atoms with E-state index in [1.807, 2.05) is 14.1 Å². The van der Waals surface area contributed by atoms with Gasteiger partial charge in [-0.15, -0.1) is 0 Å². The average molecular weight is 632 g/mol. The minimum atomic E-state index is -4.23. The van der Waals surface area contributed by atoms with Gasteiger partial charge >= 0.3 is 0 Å². The first-order valence-corrected chi connectivity index (χ1v) is 18.2. The zero-order chi connectivity index (χ0) is 32.0. The molecule has 4 rings (SSSR count). The van der Waals surface area contributed by atoms with Crippen LogP contribution < -0.4 is 5.32 Å². The normalized spacial score (nSPS) is 41.1. The lowest BCUT2D eigenvalue weighted by Crippen LogP contribution is -2.62. The molecule has 4 aliphatic carbocycles. The summed E-state index contributed by atoms with van der Waals surface area (Å²) < 4.78 is 31.3. The molecule has 4 fully saturated rings. The second kappa shape index (κ2) is 13.1. The predicted molar refractivity (Wildman–Crippen MR) is 164 cm³/mol. The minimum absolute atomic E-state index is 0.00585. The number of rotatable bonds is 12. The van der Waals surface area contributed by atoms with Crippen LogP contribution in [0.3, 0.4) is 0 Å². The van der Waals surface area contributed by atoms with Crippen molar-refractivity contribution in [1.82, 2.24) is 5.32 Å². The third kappa shape index (κ3) is 7.60. The van der Waals surface area contributed by atoms with Gasteiger partial charge in [-0.05, 0) is 97.7 Å². The van der Waals surface area contributed by atoms with Gasteiger partial charge in [0.1, 0.15) is 18.4 Å². The fraction of sp³-hybridized carbons (Fsp3) is 0.969. The van der Waals surface area contributed by atoms with Crippen LogP contribution in [-0.4, -0.2) is 108 Å². The van der Waals surface area contributed by atoms with Gasteiger partial charge in [0.25, 0.3) is 10.1 Å². The van der Waals surface area contributed by atoms with Crippen LogP contribution in [0, 0.1) is 46.3 Å². The van der Waals surface area contributed by atoms with E-state index >= 15 is 0 Å². The summed E-state index contributed by atoms with van der Waals surface area (Å²) in [6.07, 6.45) is 5.56. The van der Waals surface area contributed by atoms with Gasteiger partial charge in [-0.25, -0.2) is 0 Å². The Hall–Kier alpha value is -0.820. The Kier molecular flexibility index (Phi) is 10.7. The second-order valence-electron chi connectivity index (χ2n) is 16.0. The Bertz CT molecular complexity index is 1090. The van der Waals surface area contributed by atoms with Crippen molar-refractivity contribution in [3.05, 3.63) is 0 Å². The highest BCUT2D eigenvalue weighted by Crippen LogP contribution is 2.68. The molecule has 6 N–H and O–H groups in total. The SMILES string of the molecule is C[C@H](CCC(=O)NCCC[N+](C)(C)CC(O)CS(=O)(=O)O)[C@H]1CCC2C3C(C[C@H](O)C21C)C1(C)CC[C@@H](O)C[C@H]1C[C@H]3O. The van der Waals surface area contributed by atoms with Crippen LogP contribution in [0.15, 0.2) is 0 Å². The van der Waals surface area contributed by atoms with Gasteiger partial charge in [-0.1, -0.05) is 20.8 Å². The van der Waals surface area contributed by atoms with Crippen LogP contribution >= 0.6 is 0 Å². The Labute approximate surface area is 259 Å². The summed E-state index contributed by atoms with van der Waals surface area (Å²) >= 11 is 0. The van der Waals surface area contributed by atoms with Crippen molar-refractivity contribution in [2.24, 2.45) is 46.3 Å². The molecule has 4 aliphatic rings. The number of amides is 1. The Morgan fingerprint density at radius 1 is 1.05 bits per heavy atom. The van der Waals surface area contributed by atoms with E-state index in [1.54, 1.807) is 0 Å². The van der Waals surface area contributed by atoms with E-state index in [0.717, 1.165) is 44.9 Å². The largest absolute Gasteiger partial charge is 0.393 e. The maximum atomic E-state index is 12.7. The lowest BCUT2D eigenvalue weighted by atomic mass is 9.43. The Balaban J connectivity index is 1.27.